The fraction of sp³-hybridized carbons (Fsp3) is 0.769. The Morgan fingerprint density at radius 3 is 2.57 bits per heavy atom. The zero-order valence-corrected chi connectivity index (χ0v) is 15.7. The van der Waals surface area contributed by atoms with Crippen molar-refractivity contribution < 1.29 is 4.74 Å². The molecule has 0 aliphatic heterocycles. The highest BCUT2D eigenvalue weighted by molar-refractivity contribution is 14.0. The molecule has 0 saturated heterocycles. The van der Waals surface area contributed by atoms with Crippen LogP contribution in [0, 0.1) is 6.92 Å². The molecule has 21 heavy (non-hydrogen) atoms. The highest BCUT2D eigenvalue weighted by Crippen LogP contribution is 1.98. The Balaban J connectivity index is 0.00000400. The maximum absolute atomic E-state index is 5.03. The van der Waals surface area contributed by atoms with E-state index in [4.69, 9.17) is 4.74 Å². The average molecular weight is 410 g/mol. The molecule has 0 bridgehead atoms. The SMILES string of the molecule is CCCNC(=NCc1nnc(C)n1C)NCCCOC.I. The van der Waals surface area contributed by atoms with Crippen LogP contribution in [-0.4, -0.2) is 47.5 Å². The molecule has 0 spiro atoms. The fourth-order valence-corrected chi connectivity index (χ4v) is 1.58. The quantitative estimate of drug-likeness (QED) is 0.292. The molecule has 8 heteroatoms. The number of methoxy groups -OCH3 is 1. The van der Waals surface area contributed by atoms with Gasteiger partial charge in [0, 0.05) is 33.9 Å². The second-order valence-corrected chi connectivity index (χ2v) is 4.59. The van der Waals surface area contributed by atoms with Gasteiger partial charge in [-0.05, 0) is 19.8 Å². The highest BCUT2D eigenvalue weighted by atomic mass is 127. The predicted molar refractivity (Wildman–Crippen MR) is 95.1 cm³/mol. The number of halogens is 1. The summed E-state index contributed by atoms with van der Waals surface area (Å²) in [7, 11) is 3.66. The summed E-state index contributed by atoms with van der Waals surface area (Å²) in [4.78, 5) is 4.53. The van der Waals surface area contributed by atoms with Crippen LogP contribution in [0.3, 0.4) is 0 Å². The first-order chi connectivity index (χ1) is 9.69. The lowest BCUT2D eigenvalue weighted by Gasteiger charge is -2.11. The van der Waals surface area contributed by atoms with Crippen molar-refractivity contribution in [3.63, 3.8) is 0 Å². The van der Waals surface area contributed by atoms with E-state index in [0.717, 1.165) is 50.1 Å². The molecule has 0 fully saturated rings. The van der Waals surface area contributed by atoms with Crippen LogP contribution in [0.4, 0.5) is 0 Å². The van der Waals surface area contributed by atoms with E-state index in [0.29, 0.717) is 6.54 Å². The van der Waals surface area contributed by atoms with E-state index >= 15 is 0 Å². The van der Waals surface area contributed by atoms with Crippen LogP contribution in [0.1, 0.15) is 31.4 Å². The third-order valence-electron chi connectivity index (χ3n) is 2.92. The number of nitrogens with zero attached hydrogens (tertiary/aromatic N) is 4. The predicted octanol–water partition coefficient (Wildman–Crippen LogP) is 1.22. The van der Waals surface area contributed by atoms with Gasteiger partial charge >= 0.3 is 0 Å². The Hall–Kier alpha value is -0.900. The largest absolute Gasteiger partial charge is 0.385 e. The lowest BCUT2D eigenvalue weighted by Crippen LogP contribution is -2.38. The fourth-order valence-electron chi connectivity index (χ4n) is 1.58. The molecule has 122 valence electrons. The molecule has 0 radical (unpaired) electrons. The van der Waals surface area contributed by atoms with Crippen molar-refractivity contribution in [3.05, 3.63) is 11.6 Å². The van der Waals surface area contributed by atoms with Gasteiger partial charge < -0.3 is 19.9 Å². The molecule has 0 aliphatic carbocycles. The van der Waals surface area contributed by atoms with Gasteiger partial charge in [-0.3, -0.25) is 0 Å². The highest BCUT2D eigenvalue weighted by Gasteiger charge is 2.04. The summed E-state index contributed by atoms with van der Waals surface area (Å²) >= 11 is 0. The monoisotopic (exact) mass is 410 g/mol. The van der Waals surface area contributed by atoms with Crippen molar-refractivity contribution in [1.29, 1.82) is 0 Å². The minimum Gasteiger partial charge on any atom is -0.385 e. The molecule has 0 aromatic carbocycles. The molecule has 1 rings (SSSR count). The van der Waals surface area contributed by atoms with Gasteiger partial charge in [-0.2, -0.15) is 0 Å². The Kier molecular flexibility index (Phi) is 11.2. The van der Waals surface area contributed by atoms with Crippen LogP contribution in [0.25, 0.3) is 0 Å². The maximum atomic E-state index is 5.03. The van der Waals surface area contributed by atoms with Gasteiger partial charge in [0.05, 0.1) is 0 Å². The van der Waals surface area contributed by atoms with E-state index in [9.17, 15) is 0 Å². The maximum Gasteiger partial charge on any atom is 0.191 e. The molecule has 1 heterocycles. The first-order valence-corrected chi connectivity index (χ1v) is 7.05. The summed E-state index contributed by atoms with van der Waals surface area (Å²) in [6.07, 6.45) is 2.01. The summed E-state index contributed by atoms with van der Waals surface area (Å²) in [5, 5.41) is 14.7. The molecule has 0 atom stereocenters. The van der Waals surface area contributed by atoms with Gasteiger partial charge in [0.25, 0.3) is 0 Å². The van der Waals surface area contributed by atoms with Crippen molar-refractivity contribution in [2.24, 2.45) is 12.0 Å². The van der Waals surface area contributed by atoms with E-state index in [2.05, 4.69) is 32.7 Å². The number of nitrogens with one attached hydrogen (secondary N) is 2. The van der Waals surface area contributed by atoms with Gasteiger partial charge in [-0.1, -0.05) is 6.92 Å². The molecule has 2 N–H and O–H groups in total. The lowest BCUT2D eigenvalue weighted by molar-refractivity contribution is 0.195. The second-order valence-electron chi connectivity index (χ2n) is 4.59. The Morgan fingerprint density at radius 2 is 2.00 bits per heavy atom. The number of hydrogen-bond acceptors (Lipinski definition) is 4. The summed E-state index contributed by atoms with van der Waals surface area (Å²) in [5.74, 6) is 2.56. The normalized spacial score (nSPS) is 11.1. The van der Waals surface area contributed by atoms with Crippen molar-refractivity contribution in [3.8, 4) is 0 Å². The second kappa shape index (κ2) is 11.7. The molecule has 1 aromatic heterocycles. The Labute approximate surface area is 144 Å². The summed E-state index contributed by atoms with van der Waals surface area (Å²) in [6, 6.07) is 0. The standard InChI is InChI=1S/C13H26N6O.HI/c1-5-7-14-13(15-8-6-9-20-4)16-10-12-18-17-11(2)19(12)3;/h5-10H2,1-4H3,(H2,14,15,16);1H. The smallest absolute Gasteiger partial charge is 0.191 e. The topological polar surface area (TPSA) is 76.4 Å². The third kappa shape index (κ3) is 7.60. The van der Waals surface area contributed by atoms with Crippen molar-refractivity contribution >= 4 is 29.9 Å². The summed E-state index contributed by atoms with van der Waals surface area (Å²) < 4.78 is 6.98. The van der Waals surface area contributed by atoms with Gasteiger partial charge in [-0.15, -0.1) is 34.2 Å². The Morgan fingerprint density at radius 1 is 1.29 bits per heavy atom. The number of rotatable bonds is 8. The molecular weight excluding hydrogens is 383 g/mol. The van der Waals surface area contributed by atoms with Gasteiger partial charge in [0.1, 0.15) is 12.4 Å². The van der Waals surface area contributed by atoms with E-state index in [-0.39, 0.29) is 24.0 Å². The van der Waals surface area contributed by atoms with Crippen LogP contribution < -0.4 is 10.6 Å². The molecular formula is C13H27IN6O. The lowest BCUT2D eigenvalue weighted by atomic mass is 10.4. The van der Waals surface area contributed by atoms with Crippen LogP contribution in [0.2, 0.25) is 0 Å². The first-order valence-electron chi connectivity index (χ1n) is 7.05. The first kappa shape index (κ1) is 20.1. The molecule has 0 aliphatic rings. The van der Waals surface area contributed by atoms with E-state index < -0.39 is 0 Å². The molecule has 0 amide bonds. The number of aryl methyl sites for hydroxylation is 1. The molecule has 1 aromatic rings. The van der Waals surface area contributed by atoms with Crippen molar-refractivity contribution in [1.82, 2.24) is 25.4 Å². The molecule has 7 nitrogen and oxygen atoms in total. The van der Waals surface area contributed by atoms with Crippen LogP contribution in [-0.2, 0) is 18.3 Å². The number of hydrogen-bond donors (Lipinski definition) is 2. The van der Waals surface area contributed by atoms with E-state index in [1.54, 1.807) is 7.11 Å². The number of ether oxygens (including phenoxy) is 1. The van der Waals surface area contributed by atoms with Gasteiger partial charge in [0.15, 0.2) is 11.8 Å². The van der Waals surface area contributed by atoms with Gasteiger partial charge in [0.2, 0.25) is 0 Å². The van der Waals surface area contributed by atoms with Gasteiger partial charge in [-0.25, -0.2) is 4.99 Å². The number of guanidine groups is 1. The number of aliphatic imine (C=N–C) groups is 1. The van der Waals surface area contributed by atoms with Crippen molar-refractivity contribution in [2.45, 2.75) is 33.2 Å². The van der Waals surface area contributed by atoms with Crippen LogP contribution >= 0.6 is 24.0 Å². The van der Waals surface area contributed by atoms with Crippen LogP contribution in [0.5, 0.6) is 0 Å². The summed E-state index contributed by atoms with van der Waals surface area (Å²) in [6.45, 7) is 7.05. The summed E-state index contributed by atoms with van der Waals surface area (Å²) in [5.41, 5.74) is 0. The average Bonchev–Trinajstić information content (AvgIpc) is 2.77. The molecule has 0 unspecified atom stereocenters. The molecule has 0 saturated carbocycles. The Bertz CT molecular complexity index is 421. The zero-order valence-electron chi connectivity index (χ0n) is 13.3. The zero-order chi connectivity index (χ0) is 14.8. The minimum absolute atomic E-state index is 0. The third-order valence-corrected chi connectivity index (χ3v) is 2.92. The van der Waals surface area contributed by atoms with Crippen molar-refractivity contribution in [2.75, 3.05) is 26.8 Å². The number of aromatic nitrogens is 3. The van der Waals surface area contributed by atoms with Crippen LogP contribution in [0.15, 0.2) is 4.99 Å². The van der Waals surface area contributed by atoms with E-state index in [1.165, 1.54) is 0 Å². The van der Waals surface area contributed by atoms with E-state index in [1.807, 2.05) is 18.5 Å². The minimum atomic E-state index is 0.